The third-order valence-electron chi connectivity index (χ3n) is 4.04. The molecule has 0 saturated heterocycles. The van der Waals surface area contributed by atoms with E-state index in [-0.39, 0.29) is 0 Å². The van der Waals surface area contributed by atoms with Crippen molar-refractivity contribution in [3.05, 3.63) is 90.3 Å². The fourth-order valence-corrected chi connectivity index (χ4v) is 2.97. The van der Waals surface area contributed by atoms with Crippen LogP contribution >= 0.6 is 0 Å². The highest BCUT2D eigenvalue weighted by Gasteiger charge is 2.14. The lowest BCUT2D eigenvalue weighted by molar-refractivity contribution is 0.600. The van der Waals surface area contributed by atoms with E-state index in [9.17, 15) is 0 Å². The molecule has 0 atom stereocenters. The molecule has 22 heavy (non-hydrogen) atoms. The number of furan rings is 1. The van der Waals surface area contributed by atoms with E-state index in [0.717, 1.165) is 23.3 Å². The summed E-state index contributed by atoms with van der Waals surface area (Å²) >= 11 is 0. The average molecular weight is 284 g/mol. The Bertz CT molecular complexity index is 964. The maximum atomic E-state index is 6.09. The second-order valence-electron chi connectivity index (χ2n) is 5.50. The summed E-state index contributed by atoms with van der Waals surface area (Å²) in [5, 5.41) is 3.71. The summed E-state index contributed by atoms with van der Waals surface area (Å²) in [4.78, 5) is 0. The highest BCUT2D eigenvalue weighted by Crippen LogP contribution is 2.34. The Kier molecular flexibility index (Phi) is 3.05. The molecule has 0 saturated carbocycles. The van der Waals surface area contributed by atoms with E-state index >= 15 is 0 Å². The molecule has 1 aliphatic rings. The van der Waals surface area contributed by atoms with E-state index < -0.39 is 0 Å². The van der Waals surface area contributed by atoms with E-state index in [4.69, 9.17) is 4.42 Å². The molecule has 1 heteroatoms. The zero-order chi connectivity index (χ0) is 14.9. The number of benzene rings is 2. The van der Waals surface area contributed by atoms with Crippen LogP contribution in [0.15, 0.2) is 83.3 Å². The zero-order valence-corrected chi connectivity index (χ0v) is 12.3. The quantitative estimate of drug-likeness (QED) is 0.506. The molecule has 0 amide bonds. The molecular weight excluding hydrogens is 268 g/mol. The van der Waals surface area contributed by atoms with Gasteiger partial charge < -0.3 is 4.42 Å². The number of rotatable bonds is 0. The Hall–Kier alpha value is -2.80. The smallest absolute Gasteiger partial charge is 0.135 e. The normalized spacial score (nSPS) is 17.5. The Labute approximate surface area is 129 Å². The van der Waals surface area contributed by atoms with Gasteiger partial charge >= 0.3 is 0 Å². The Morgan fingerprint density at radius 2 is 1.82 bits per heavy atom. The van der Waals surface area contributed by atoms with Crippen molar-refractivity contribution in [2.45, 2.75) is 6.42 Å². The first-order valence-electron chi connectivity index (χ1n) is 7.46. The van der Waals surface area contributed by atoms with Gasteiger partial charge in [0, 0.05) is 10.9 Å². The maximum absolute atomic E-state index is 6.09. The molecule has 0 spiro atoms. The van der Waals surface area contributed by atoms with Gasteiger partial charge in [0.1, 0.15) is 11.3 Å². The van der Waals surface area contributed by atoms with Gasteiger partial charge in [0.15, 0.2) is 0 Å². The summed E-state index contributed by atoms with van der Waals surface area (Å²) in [6.07, 6.45) is 13.1. The summed E-state index contributed by atoms with van der Waals surface area (Å²) in [7, 11) is 0. The Morgan fingerprint density at radius 3 is 2.77 bits per heavy atom. The minimum absolute atomic E-state index is 0.859. The van der Waals surface area contributed by atoms with Crippen LogP contribution in [0.25, 0.3) is 27.8 Å². The van der Waals surface area contributed by atoms with Gasteiger partial charge in [0.2, 0.25) is 0 Å². The molecule has 0 bridgehead atoms. The molecule has 1 heterocycles. The number of fused-ring (bicyclic) bond motifs is 5. The Morgan fingerprint density at radius 1 is 0.909 bits per heavy atom. The van der Waals surface area contributed by atoms with E-state index in [1.165, 1.54) is 21.7 Å². The number of allylic oxidation sites excluding steroid dienone is 6. The topological polar surface area (TPSA) is 13.1 Å². The van der Waals surface area contributed by atoms with Crippen LogP contribution in [0.4, 0.5) is 0 Å². The second-order valence-corrected chi connectivity index (χ2v) is 5.50. The maximum Gasteiger partial charge on any atom is 0.135 e. The van der Waals surface area contributed by atoms with Crippen molar-refractivity contribution in [1.29, 1.82) is 0 Å². The van der Waals surface area contributed by atoms with Crippen molar-refractivity contribution < 1.29 is 4.42 Å². The van der Waals surface area contributed by atoms with Crippen LogP contribution in [0.2, 0.25) is 0 Å². The second kappa shape index (κ2) is 5.19. The first-order chi connectivity index (χ1) is 10.8. The predicted molar refractivity (Wildman–Crippen MR) is 93.9 cm³/mol. The van der Waals surface area contributed by atoms with Crippen LogP contribution < -0.4 is 0 Å². The van der Waals surface area contributed by atoms with Crippen LogP contribution in [0, 0.1) is 0 Å². The van der Waals surface area contributed by atoms with E-state index in [1.807, 2.05) is 24.3 Å². The first-order valence-corrected chi connectivity index (χ1v) is 7.46. The third-order valence-corrected chi connectivity index (χ3v) is 4.04. The summed E-state index contributed by atoms with van der Waals surface area (Å²) in [6.45, 7) is 4.02. The van der Waals surface area contributed by atoms with E-state index in [2.05, 4.69) is 55.1 Å². The molecule has 2 aromatic carbocycles. The zero-order valence-electron chi connectivity index (χ0n) is 12.3. The van der Waals surface area contributed by atoms with Gasteiger partial charge in [-0.2, -0.15) is 0 Å². The van der Waals surface area contributed by atoms with Crippen molar-refractivity contribution in [3.63, 3.8) is 0 Å². The molecule has 3 aromatic rings. The Balaban J connectivity index is 2.05. The number of hydrogen-bond donors (Lipinski definition) is 0. The average Bonchev–Trinajstić information content (AvgIpc) is 2.91. The van der Waals surface area contributed by atoms with Crippen LogP contribution in [0.1, 0.15) is 11.3 Å². The molecule has 106 valence electrons. The van der Waals surface area contributed by atoms with Crippen LogP contribution in [-0.2, 0) is 6.42 Å². The summed E-state index contributed by atoms with van der Waals surface area (Å²) in [5.74, 6) is 0.924. The largest absolute Gasteiger partial charge is 0.456 e. The van der Waals surface area contributed by atoms with Gasteiger partial charge in [-0.1, -0.05) is 67.3 Å². The van der Waals surface area contributed by atoms with Gasteiger partial charge in [0.05, 0.1) is 0 Å². The van der Waals surface area contributed by atoms with Crippen molar-refractivity contribution in [2.75, 3.05) is 0 Å². The highest BCUT2D eigenvalue weighted by molar-refractivity contribution is 6.08. The van der Waals surface area contributed by atoms with Gasteiger partial charge in [-0.25, -0.2) is 0 Å². The van der Waals surface area contributed by atoms with Crippen LogP contribution in [0.3, 0.4) is 0 Å². The molecule has 1 nitrogen and oxygen atoms in total. The first kappa shape index (κ1) is 12.9. The lowest BCUT2D eigenvalue weighted by atomic mass is 10.00. The molecule has 1 aromatic heterocycles. The molecule has 0 radical (unpaired) electrons. The molecular formula is C21H16O. The predicted octanol–water partition coefficient (Wildman–Crippen LogP) is 5.82. The lowest BCUT2D eigenvalue weighted by Gasteiger charge is -2.01. The highest BCUT2D eigenvalue weighted by atomic mass is 16.3. The van der Waals surface area contributed by atoms with Crippen molar-refractivity contribution >= 4 is 27.8 Å². The summed E-state index contributed by atoms with van der Waals surface area (Å²) in [6, 6.07) is 12.6. The standard InChI is InChI=1S/C21H16O/c1-15-7-3-2-4-10-18-19(13-11-15)22-20-14-12-16-8-5-6-9-17(16)21(18)20/h2-9,11-14H,1,10H2/b4-2-,7-3-,13-11?. The van der Waals surface area contributed by atoms with Crippen molar-refractivity contribution in [2.24, 2.45) is 0 Å². The fraction of sp³-hybridized carbons (Fsp3) is 0.0476. The molecule has 1 aliphatic carbocycles. The summed E-state index contributed by atoms with van der Waals surface area (Å²) in [5.41, 5.74) is 3.14. The molecule has 0 fully saturated rings. The minimum Gasteiger partial charge on any atom is -0.456 e. The van der Waals surface area contributed by atoms with Gasteiger partial charge in [-0.3, -0.25) is 0 Å². The minimum atomic E-state index is 0.859. The molecule has 0 aliphatic heterocycles. The van der Waals surface area contributed by atoms with E-state index in [1.54, 1.807) is 0 Å². The van der Waals surface area contributed by atoms with Crippen molar-refractivity contribution in [3.8, 4) is 0 Å². The van der Waals surface area contributed by atoms with E-state index in [0.29, 0.717) is 0 Å². The lowest BCUT2D eigenvalue weighted by Crippen LogP contribution is -1.85. The molecule has 0 unspecified atom stereocenters. The molecule has 4 rings (SSSR count). The monoisotopic (exact) mass is 284 g/mol. The van der Waals surface area contributed by atoms with Crippen LogP contribution in [0.5, 0.6) is 0 Å². The SMILES string of the molecule is C=C1C=Cc2oc3ccc4ccccc4c3c2C/C=C\C=C/1. The fourth-order valence-electron chi connectivity index (χ4n) is 2.97. The van der Waals surface area contributed by atoms with Crippen molar-refractivity contribution in [1.82, 2.24) is 0 Å². The van der Waals surface area contributed by atoms with Gasteiger partial charge in [0.25, 0.3) is 0 Å². The van der Waals surface area contributed by atoms with Gasteiger partial charge in [-0.05, 0) is 34.9 Å². The summed E-state index contributed by atoms with van der Waals surface area (Å²) < 4.78 is 6.09. The number of hydrogen-bond acceptors (Lipinski definition) is 1. The third kappa shape index (κ3) is 2.11. The van der Waals surface area contributed by atoms with Gasteiger partial charge in [-0.15, -0.1) is 0 Å². The van der Waals surface area contributed by atoms with Crippen LogP contribution in [-0.4, -0.2) is 0 Å². The molecule has 0 N–H and O–H groups in total.